The fourth-order valence-electron chi connectivity index (χ4n) is 0.909. The van der Waals surface area contributed by atoms with Gasteiger partial charge in [0.05, 0.1) is 17.3 Å². The fourth-order valence-corrected chi connectivity index (χ4v) is 2.70. The van der Waals surface area contributed by atoms with Crippen LogP contribution in [-0.2, 0) is 10.0 Å². The summed E-state index contributed by atoms with van der Waals surface area (Å²) in [5, 5.41) is 0. The monoisotopic (exact) mass is 252 g/mol. The molecule has 0 saturated heterocycles. The molecule has 0 atom stereocenters. The standard InChI is InChI=1S/C9H20N2O2S2/c1-9(2,3)5-6-15(12,13)11(4)7-8(10)14/h5-7H2,1-4H3,(H2,10,14). The molecular weight excluding hydrogens is 232 g/mol. The van der Waals surface area contributed by atoms with Crippen LogP contribution in [0.4, 0.5) is 0 Å². The van der Waals surface area contributed by atoms with Crippen molar-refractivity contribution in [3.63, 3.8) is 0 Å². The number of rotatable bonds is 5. The van der Waals surface area contributed by atoms with Gasteiger partial charge in [-0.3, -0.25) is 0 Å². The highest BCUT2D eigenvalue weighted by Gasteiger charge is 2.21. The van der Waals surface area contributed by atoms with Crippen LogP contribution in [0, 0.1) is 5.41 Å². The summed E-state index contributed by atoms with van der Waals surface area (Å²) in [5.41, 5.74) is 5.31. The Morgan fingerprint density at radius 2 is 1.87 bits per heavy atom. The first-order valence-corrected chi connectivity index (χ1v) is 6.79. The zero-order valence-electron chi connectivity index (χ0n) is 9.78. The molecule has 0 bridgehead atoms. The predicted octanol–water partition coefficient (Wildman–Crippen LogP) is 0.970. The van der Waals surface area contributed by atoms with Gasteiger partial charge < -0.3 is 5.73 Å². The van der Waals surface area contributed by atoms with Crippen LogP contribution >= 0.6 is 12.2 Å². The molecule has 6 heteroatoms. The van der Waals surface area contributed by atoms with Crippen LogP contribution in [0.25, 0.3) is 0 Å². The third kappa shape index (κ3) is 6.81. The molecule has 0 aromatic rings. The van der Waals surface area contributed by atoms with Crippen LogP contribution in [0.2, 0.25) is 0 Å². The Morgan fingerprint density at radius 1 is 1.40 bits per heavy atom. The number of thiocarbonyl (C=S) groups is 1. The predicted molar refractivity (Wildman–Crippen MR) is 67.3 cm³/mol. The van der Waals surface area contributed by atoms with Crippen molar-refractivity contribution in [3.05, 3.63) is 0 Å². The maximum absolute atomic E-state index is 11.7. The van der Waals surface area contributed by atoms with Crippen LogP contribution in [0.15, 0.2) is 0 Å². The van der Waals surface area contributed by atoms with Gasteiger partial charge in [0, 0.05) is 7.05 Å². The topological polar surface area (TPSA) is 63.4 Å². The van der Waals surface area contributed by atoms with Crippen molar-refractivity contribution in [1.82, 2.24) is 4.31 Å². The molecule has 0 aromatic carbocycles. The number of sulfonamides is 1. The smallest absolute Gasteiger partial charge is 0.214 e. The molecule has 0 rings (SSSR count). The average Bonchev–Trinajstić information content (AvgIpc) is 1.98. The summed E-state index contributed by atoms with van der Waals surface area (Å²) < 4.78 is 24.7. The lowest BCUT2D eigenvalue weighted by atomic mass is 9.94. The summed E-state index contributed by atoms with van der Waals surface area (Å²) in [4.78, 5) is 0.192. The molecule has 0 heterocycles. The summed E-state index contributed by atoms with van der Waals surface area (Å²) in [6.07, 6.45) is 0.622. The Kier molecular flexibility index (Phi) is 5.16. The molecule has 90 valence electrons. The van der Waals surface area contributed by atoms with E-state index in [1.807, 2.05) is 20.8 Å². The molecule has 0 aliphatic carbocycles. The van der Waals surface area contributed by atoms with Crippen molar-refractivity contribution < 1.29 is 8.42 Å². The Bertz CT molecular complexity index is 317. The first kappa shape index (κ1) is 14.8. The lowest BCUT2D eigenvalue weighted by Gasteiger charge is -2.21. The molecule has 4 nitrogen and oxygen atoms in total. The minimum Gasteiger partial charge on any atom is -0.392 e. The molecule has 0 fully saturated rings. The molecule has 0 aromatic heterocycles. The lowest BCUT2D eigenvalue weighted by molar-refractivity contribution is 0.392. The zero-order chi connectivity index (χ0) is 12.3. The third-order valence-electron chi connectivity index (χ3n) is 1.96. The van der Waals surface area contributed by atoms with Gasteiger partial charge in [-0.15, -0.1) is 0 Å². The van der Waals surface area contributed by atoms with Gasteiger partial charge in [0.25, 0.3) is 0 Å². The Morgan fingerprint density at radius 3 is 2.20 bits per heavy atom. The van der Waals surface area contributed by atoms with Gasteiger partial charge in [-0.2, -0.15) is 4.31 Å². The molecule has 2 N–H and O–H groups in total. The summed E-state index contributed by atoms with van der Waals surface area (Å²) in [7, 11) is -1.73. The van der Waals surface area contributed by atoms with E-state index in [2.05, 4.69) is 12.2 Å². The van der Waals surface area contributed by atoms with Crippen LogP contribution in [-0.4, -0.2) is 37.1 Å². The van der Waals surface area contributed by atoms with Gasteiger partial charge in [-0.25, -0.2) is 8.42 Å². The molecule has 0 radical (unpaired) electrons. The minimum atomic E-state index is -3.22. The van der Waals surface area contributed by atoms with Crippen LogP contribution in [0.5, 0.6) is 0 Å². The highest BCUT2D eigenvalue weighted by atomic mass is 32.2. The fraction of sp³-hybridized carbons (Fsp3) is 0.889. The molecule has 0 saturated carbocycles. The van der Waals surface area contributed by atoms with E-state index in [1.54, 1.807) is 0 Å². The summed E-state index contributed by atoms with van der Waals surface area (Å²) in [6.45, 7) is 6.14. The van der Waals surface area contributed by atoms with Gasteiger partial charge in [0.15, 0.2) is 0 Å². The molecule has 0 spiro atoms. The van der Waals surface area contributed by atoms with Crippen LogP contribution < -0.4 is 5.73 Å². The van der Waals surface area contributed by atoms with Crippen LogP contribution in [0.3, 0.4) is 0 Å². The third-order valence-corrected chi connectivity index (χ3v) is 3.89. The van der Waals surface area contributed by atoms with Gasteiger partial charge in [-0.05, 0) is 11.8 Å². The second kappa shape index (κ2) is 5.23. The number of hydrogen-bond donors (Lipinski definition) is 1. The number of likely N-dealkylation sites (N-methyl/N-ethyl adjacent to an activating group) is 1. The zero-order valence-corrected chi connectivity index (χ0v) is 11.4. The normalized spacial score (nSPS) is 13.1. The minimum absolute atomic E-state index is 0.0110. The molecular formula is C9H20N2O2S2. The number of nitrogens with zero attached hydrogens (tertiary/aromatic N) is 1. The van der Waals surface area contributed by atoms with E-state index >= 15 is 0 Å². The quantitative estimate of drug-likeness (QED) is 0.741. The van der Waals surface area contributed by atoms with Gasteiger partial charge in [0.1, 0.15) is 0 Å². The molecule has 0 aliphatic rings. The summed E-state index contributed by atoms with van der Waals surface area (Å²) in [5.74, 6) is 0.135. The maximum atomic E-state index is 11.7. The summed E-state index contributed by atoms with van der Waals surface area (Å²) >= 11 is 4.67. The van der Waals surface area contributed by atoms with Crippen molar-refractivity contribution in [2.45, 2.75) is 27.2 Å². The van der Waals surface area contributed by atoms with Gasteiger partial charge >= 0.3 is 0 Å². The van der Waals surface area contributed by atoms with E-state index < -0.39 is 10.0 Å². The van der Waals surface area contributed by atoms with Crippen molar-refractivity contribution in [2.75, 3.05) is 19.3 Å². The highest BCUT2D eigenvalue weighted by molar-refractivity contribution is 7.89. The van der Waals surface area contributed by atoms with E-state index in [9.17, 15) is 8.42 Å². The molecule has 15 heavy (non-hydrogen) atoms. The van der Waals surface area contributed by atoms with Gasteiger partial charge in [-0.1, -0.05) is 33.0 Å². The number of hydrogen-bond acceptors (Lipinski definition) is 3. The van der Waals surface area contributed by atoms with E-state index in [-0.39, 0.29) is 22.7 Å². The largest absolute Gasteiger partial charge is 0.392 e. The molecule has 0 amide bonds. The summed E-state index contributed by atoms with van der Waals surface area (Å²) in [6, 6.07) is 0. The second-order valence-electron chi connectivity index (χ2n) is 4.85. The van der Waals surface area contributed by atoms with E-state index in [0.29, 0.717) is 6.42 Å². The average molecular weight is 252 g/mol. The Labute approximate surface area is 97.9 Å². The number of nitrogens with two attached hydrogens (primary N) is 1. The van der Waals surface area contributed by atoms with E-state index in [0.717, 1.165) is 0 Å². The first-order chi connectivity index (χ1) is 6.54. The Balaban J connectivity index is 4.37. The van der Waals surface area contributed by atoms with Crippen molar-refractivity contribution >= 4 is 27.2 Å². The maximum Gasteiger partial charge on any atom is 0.214 e. The van der Waals surface area contributed by atoms with Crippen LogP contribution in [0.1, 0.15) is 27.2 Å². The van der Waals surface area contributed by atoms with Crippen molar-refractivity contribution in [1.29, 1.82) is 0 Å². The first-order valence-electron chi connectivity index (χ1n) is 4.77. The lowest BCUT2D eigenvalue weighted by Crippen LogP contribution is -2.36. The van der Waals surface area contributed by atoms with E-state index in [4.69, 9.17) is 5.73 Å². The second-order valence-corrected chi connectivity index (χ2v) is 7.57. The van der Waals surface area contributed by atoms with Crippen molar-refractivity contribution in [3.8, 4) is 0 Å². The molecule has 0 aliphatic heterocycles. The van der Waals surface area contributed by atoms with Gasteiger partial charge in [0.2, 0.25) is 10.0 Å². The van der Waals surface area contributed by atoms with Crippen molar-refractivity contribution in [2.24, 2.45) is 11.1 Å². The molecule has 0 unspecified atom stereocenters. The van der Waals surface area contributed by atoms with E-state index in [1.165, 1.54) is 11.4 Å². The SMILES string of the molecule is CN(CC(N)=S)S(=O)(=O)CCC(C)(C)C. The Hall–Kier alpha value is -0.200. The highest BCUT2D eigenvalue weighted by Crippen LogP contribution is 2.19.